The Balaban J connectivity index is 2.05. The van der Waals surface area contributed by atoms with Crippen LogP contribution in [0.25, 0.3) is 0 Å². The lowest BCUT2D eigenvalue weighted by atomic mass is 10.2. The van der Waals surface area contributed by atoms with Crippen LogP contribution in [0.1, 0.15) is 30.5 Å². The van der Waals surface area contributed by atoms with Crippen molar-refractivity contribution in [3.63, 3.8) is 0 Å². The Labute approximate surface area is 98.5 Å². The number of hydrogen-bond donors (Lipinski definition) is 1. The van der Waals surface area contributed by atoms with E-state index in [4.69, 9.17) is 0 Å². The van der Waals surface area contributed by atoms with E-state index in [2.05, 4.69) is 34.5 Å². The molecule has 0 bridgehead atoms. The molecule has 2 aromatic rings. The molecule has 0 aliphatic rings. The van der Waals surface area contributed by atoms with Crippen LogP contribution in [0.3, 0.4) is 0 Å². The maximum absolute atomic E-state index is 4.25. The van der Waals surface area contributed by atoms with E-state index in [-0.39, 0.29) is 6.04 Å². The van der Waals surface area contributed by atoms with Crippen molar-refractivity contribution in [2.24, 2.45) is 0 Å². The minimum absolute atomic E-state index is 0.202. The molecule has 0 fully saturated rings. The van der Waals surface area contributed by atoms with Gasteiger partial charge in [0, 0.05) is 18.3 Å². The molecule has 6 heteroatoms. The Morgan fingerprint density at radius 1 is 1.50 bits per heavy atom. The maximum atomic E-state index is 4.25. The Morgan fingerprint density at radius 3 is 2.88 bits per heavy atom. The second-order valence-corrected chi connectivity index (χ2v) is 4.80. The molecule has 1 unspecified atom stereocenters. The van der Waals surface area contributed by atoms with Crippen molar-refractivity contribution in [3.8, 4) is 0 Å². The predicted octanol–water partition coefficient (Wildman–Crippen LogP) is 2.24. The average molecular weight is 237 g/mol. The van der Waals surface area contributed by atoms with Gasteiger partial charge in [0.1, 0.15) is 5.01 Å². The number of anilines is 1. The van der Waals surface area contributed by atoms with Crippen LogP contribution in [0.15, 0.2) is 12.4 Å². The van der Waals surface area contributed by atoms with E-state index in [1.807, 2.05) is 24.0 Å². The highest BCUT2D eigenvalue weighted by molar-refractivity contribution is 7.15. The zero-order valence-electron chi connectivity index (χ0n) is 9.64. The minimum Gasteiger partial charge on any atom is -0.353 e. The van der Waals surface area contributed by atoms with Crippen LogP contribution in [0.2, 0.25) is 0 Å². The molecule has 0 saturated heterocycles. The molecule has 86 valence electrons. The molecule has 0 aromatic carbocycles. The second-order valence-electron chi connectivity index (χ2n) is 3.62. The highest BCUT2D eigenvalue weighted by Crippen LogP contribution is 2.21. The van der Waals surface area contributed by atoms with E-state index in [0.717, 1.165) is 22.2 Å². The van der Waals surface area contributed by atoms with Gasteiger partial charge in [-0.25, -0.2) is 0 Å². The molecule has 2 aromatic heterocycles. The first-order valence-electron chi connectivity index (χ1n) is 5.28. The minimum atomic E-state index is 0.202. The van der Waals surface area contributed by atoms with Crippen molar-refractivity contribution in [3.05, 3.63) is 23.0 Å². The third kappa shape index (κ3) is 2.38. The summed E-state index contributed by atoms with van der Waals surface area (Å²) in [5.41, 5.74) is 1.16. The van der Waals surface area contributed by atoms with Crippen LogP contribution in [-0.4, -0.2) is 20.0 Å². The molecule has 0 aliphatic carbocycles. The molecule has 2 heterocycles. The van der Waals surface area contributed by atoms with Crippen molar-refractivity contribution < 1.29 is 0 Å². The highest BCUT2D eigenvalue weighted by Gasteiger charge is 2.09. The number of hydrogen-bond acceptors (Lipinski definition) is 5. The van der Waals surface area contributed by atoms with Gasteiger partial charge in [0.25, 0.3) is 0 Å². The van der Waals surface area contributed by atoms with Crippen LogP contribution in [0.5, 0.6) is 0 Å². The van der Waals surface area contributed by atoms with Gasteiger partial charge < -0.3 is 5.32 Å². The second kappa shape index (κ2) is 4.61. The fourth-order valence-electron chi connectivity index (χ4n) is 1.40. The van der Waals surface area contributed by atoms with E-state index in [1.54, 1.807) is 11.3 Å². The lowest BCUT2D eigenvalue weighted by molar-refractivity contribution is 0.658. The predicted molar refractivity (Wildman–Crippen MR) is 64.6 cm³/mol. The molecule has 0 radical (unpaired) electrons. The summed E-state index contributed by atoms with van der Waals surface area (Å²) >= 11 is 1.56. The van der Waals surface area contributed by atoms with Gasteiger partial charge in [0.05, 0.1) is 12.2 Å². The van der Waals surface area contributed by atoms with E-state index >= 15 is 0 Å². The molecule has 0 spiro atoms. The fraction of sp³-hybridized carbons (Fsp3) is 0.500. The molecule has 16 heavy (non-hydrogen) atoms. The van der Waals surface area contributed by atoms with E-state index in [1.165, 1.54) is 0 Å². The summed E-state index contributed by atoms with van der Waals surface area (Å²) in [5.74, 6) is 0. The Bertz CT molecular complexity index is 461. The quantitative estimate of drug-likeness (QED) is 0.886. The van der Waals surface area contributed by atoms with E-state index in [0.29, 0.717) is 0 Å². The zero-order valence-corrected chi connectivity index (χ0v) is 10.5. The molecule has 2 rings (SSSR count). The van der Waals surface area contributed by atoms with E-state index in [9.17, 15) is 0 Å². The van der Waals surface area contributed by atoms with Crippen molar-refractivity contribution in [1.29, 1.82) is 0 Å². The third-order valence-corrected chi connectivity index (χ3v) is 3.11. The van der Waals surface area contributed by atoms with Crippen molar-refractivity contribution >= 4 is 16.5 Å². The molecule has 5 nitrogen and oxygen atoms in total. The maximum Gasteiger partial charge on any atom is 0.206 e. The lowest BCUT2D eigenvalue weighted by Crippen LogP contribution is -2.05. The Kier molecular flexibility index (Phi) is 3.19. The fourth-order valence-corrected chi connectivity index (χ4v) is 2.08. The van der Waals surface area contributed by atoms with Crippen LogP contribution in [0, 0.1) is 6.92 Å². The number of nitrogens with one attached hydrogen (secondary N) is 1. The summed E-state index contributed by atoms with van der Waals surface area (Å²) < 4.78 is 1.92. The third-order valence-electron chi connectivity index (χ3n) is 2.34. The molecule has 0 aliphatic heterocycles. The molecule has 1 N–H and O–H groups in total. The summed E-state index contributed by atoms with van der Waals surface area (Å²) in [6, 6.07) is 0.202. The first-order valence-corrected chi connectivity index (χ1v) is 6.09. The first-order chi connectivity index (χ1) is 7.69. The van der Waals surface area contributed by atoms with Crippen LogP contribution in [0.4, 0.5) is 5.13 Å². The number of aromatic nitrogens is 4. The molecule has 0 saturated carbocycles. The van der Waals surface area contributed by atoms with Gasteiger partial charge in [0.2, 0.25) is 5.13 Å². The SMILES string of the molecule is CCn1cc(C(C)Nc2nnc(C)s2)cn1. The molecular formula is C10H15N5S. The van der Waals surface area contributed by atoms with Gasteiger partial charge in [-0.2, -0.15) is 5.10 Å². The average Bonchev–Trinajstić information content (AvgIpc) is 2.87. The summed E-state index contributed by atoms with van der Waals surface area (Å²) in [6.07, 6.45) is 3.93. The Hall–Kier alpha value is -1.43. The number of rotatable bonds is 4. The van der Waals surface area contributed by atoms with Gasteiger partial charge in [-0.3, -0.25) is 4.68 Å². The normalized spacial score (nSPS) is 12.7. The van der Waals surface area contributed by atoms with Gasteiger partial charge in [-0.1, -0.05) is 11.3 Å². The number of aryl methyl sites for hydroxylation is 2. The van der Waals surface area contributed by atoms with Crippen LogP contribution in [-0.2, 0) is 6.54 Å². The number of nitrogens with zero attached hydrogens (tertiary/aromatic N) is 4. The Morgan fingerprint density at radius 2 is 2.31 bits per heavy atom. The monoisotopic (exact) mass is 237 g/mol. The topological polar surface area (TPSA) is 55.6 Å². The van der Waals surface area contributed by atoms with Crippen molar-refractivity contribution in [2.75, 3.05) is 5.32 Å². The van der Waals surface area contributed by atoms with E-state index < -0.39 is 0 Å². The smallest absolute Gasteiger partial charge is 0.206 e. The highest BCUT2D eigenvalue weighted by atomic mass is 32.1. The molecule has 0 amide bonds. The molecular weight excluding hydrogens is 222 g/mol. The van der Waals surface area contributed by atoms with Crippen LogP contribution >= 0.6 is 11.3 Å². The van der Waals surface area contributed by atoms with Gasteiger partial charge in [-0.15, -0.1) is 10.2 Å². The largest absolute Gasteiger partial charge is 0.353 e. The molecule has 1 atom stereocenters. The van der Waals surface area contributed by atoms with Crippen molar-refractivity contribution in [1.82, 2.24) is 20.0 Å². The standard InChI is InChI=1S/C10H15N5S/c1-4-15-6-9(5-11-15)7(2)12-10-14-13-8(3)16-10/h5-7H,4H2,1-3H3,(H,12,14). The summed E-state index contributed by atoms with van der Waals surface area (Å²) in [6.45, 7) is 7.00. The van der Waals surface area contributed by atoms with Gasteiger partial charge in [-0.05, 0) is 20.8 Å². The summed E-state index contributed by atoms with van der Waals surface area (Å²) in [4.78, 5) is 0. The first kappa shape index (κ1) is 11.1. The zero-order chi connectivity index (χ0) is 11.5. The van der Waals surface area contributed by atoms with Gasteiger partial charge >= 0.3 is 0 Å². The summed E-state index contributed by atoms with van der Waals surface area (Å²) in [5, 5.41) is 17.4. The van der Waals surface area contributed by atoms with Crippen molar-refractivity contribution in [2.45, 2.75) is 33.4 Å². The lowest BCUT2D eigenvalue weighted by Gasteiger charge is -2.09. The van der Waals surface area contributed by atoms with Gasteiger partial charge in [0.15, 0.2) is 0 Å². The van der Waals surface area contributed by atoms with Crippen LogP contribution < -0.4 is 5.32 Å². The summed E-state index contributed by atoms with van der Waals surface area (Å²) in [7, 11) is 0.